The Bertz CT molecular complexity index is 865. The zero-order chi connectivity index (χ0) is 16.9. The zero-order valence-corrected chi connectivity index (χ0v) is 14.8. The number of rotatable bonds is 5. The van der Waals surface area contributed by atoms with Gasteiger partial charge >= 0.3 is 0 Å². The predicted molar refractivity (Wildman–Crippen MR) is 99.7 cm³/mol. The summed E-state index contributed by atoms with van der Waals surface area (Å²) in [4.78, 5) is 4.23. The molecule has 0 aliphatic heterocycles. The van der Waals surface area contributed by atoms with Crippen molar-refractivity contribution >= 4 is 56.2 Å². The summed E-state index contributed by atoms with van der Waals surface area (Å²) < 4.78 is 0. The van der Waals surface area contributed by atoms with Crippen LogP contribution in [0, 0.1) is 0 Å². The first-order valence-corrected chi connectivity index (χ1v) is 8.47. The first kappa shape index (κ1) is 16.6. The molecule has 0 radical (unpaired) electrons. The molecule has 6 nitrogen and oxygen atoms in total. The van der Waals surface area contributed by atoms with Gasteiger partial charge in [-0.15, -0.1) is 10.2 Å². The van der Waals surface area contributed by atoms with Crippen molar-refractivity contribution in [3.63, 3.8) is 0 Å². The van der Waals surface area contributed by atoms with Gasteiger partial charge in [-0.25, -0.2) is 0 Å². The highest BCUT2D eigenvalue weighted by Crippen LogP contribution is 2.33. The lowest BCUT2D eigenvalue weighted by Gasteiger charge is -2.05. The molecule has 2 aromatic heterocycles. The van der Waals surface area contributed by atoms with Crippen LogP contribution in [0.15, 0.2) is 47.7 Å². The molecular formula is C15H12Cl2N6S. The van der Waals surface area contributed by atoms with Gasteiger partial charge in [0.25, 0.3) is 0 Å². The number of hydrogen-bond acceptors (Lipinski definition) is 7. The normalized spacial score (nSPS) is 11.4. The molecule has 0 spiro atoms. The van der Waals surface area contributed by atoms with Crippen LogP contribution in [-0.4, -0.2) is 20.9 Å². The molecule has 0 saturated heterocycles. The van der Waals surface area contributed by atoms with Crippen LogP contribution in [0.4, 0.5) is 16.0 Å². The Morgan fingerprint density at radius 2 is 1.92 bits per heavy atom. The summed E-state index contributed by atoms with van der Waals surface area (Å²) in [6, 6.07) is 11.0. The van der Waals surface area contributed by atoms with Crippen molar-refractivity contribution in [2.45, 2.75) is 6.92 Å². The molecule has 2 heterocycles. The van der Waals surface area contributed by atoms with Gasteiger partial charge in [0, 0.05) is 6.20 Å². The van der Waals surface area contributed by atoms with E-state index in [1.807, 2.05) is 31.2 Å². The van der Waals surface area contributed by atoms with Crippen molar-refractivity contribution in [2.75, 3.05) is 10.7 Å². The zero-order valence-electron chi connectivity index (χ0n) is 12.5. The number of hydrogen-bond donors (Lipinski definition) is 2. The second kappa shape index (κ2) is 7.57. The number of benzene rings is 1. The molecule has 0 saturated carbocycles. The standard InChI is InChI=1S/C15H12Cl2N6S/c1-9(11-6-2-3-8-18-11)20-22-15-23-21-14(24-15)19-12-7-4-5-10(16)13(12)17/h2-8H,1H3,(H,19,21)(H,22,23)/b20-9+. The maximum atomic E-state index is 6.14. The van der Waals surface area contributed by atoms with E-state index < -0.39 is 0 Å². The van der Waals surface area contributed by atoms with E-state index in [2.05, 4.69) is 31.0 Å². The molecule has 2 N–H and O–H groups in total. The highest BCUT2D eigenvalue weighted by molar-refractivity contribution is 7.19. The third-order valence-electron chi connectivity index (χ3n) is 2.97. The number of anilines is 3. The fourth-order valence-electron chi connectivity index (χ4n) is 1.80. The van der Waals surface area contributed by atoms with Gasteiger partial charge in [-0.1, -0.05) is 46.7 Å². The Morgan fingerprint density at radius 3 is 2.71 bits per heavy atom. The summed E-state index contributed by atoms with van der Waals surface area (Å²) in [5.41, 5.74) is 5.07. The average molecular weight is 379 g/mol. The summed E-state index contributed by atoms with van der Waals surface area (Å²) >= 11 is 13.4. The first-order valence-electron chi connectivity index (χ1n) is 6.90. The second-order valence-corrected chi connectivity index (χ2v) is 6.43. The number of nitrogens with one attached hydrogen (secondary N) is 2. The first-order chi connectivity index (χ1) is 11.6. The highest BCUT2D eigenvalue weighted by Gasteiger charge is 2.08. The van der Waals surface area contributed by atoms with Crippen LogP contribution < -0.4 is 10.7 Å². The van der Waals surface area contributed by atoms with Crippen molar-refractivity contribution in [2.24, 2.45) is 5.10 Å². The molecule has 0 atom stereocenters. The van der Waals surface area contributed by atoms with Gasteiger partial charge in [0.05, 0.1) is 27.1 Å². The number of hydrazone groups is 1. The lowest BCUT2D eigenvalue weighted by molar-refractivity contribution is 1.08. The van der Waals surface area contributed by atoms with Crippen molar-refractivity contribution in [3.8, 4) is 0 Å². The van der Waals surface area contributed by atoms with Gasteiger partial charge in [0.2, 0.25) is 10.3 Å². The van der Waals surface area contributed by atoms with Gasteiger partial charge in [-0.3, -0.25) is 10.4 Å². The molecule has 0 amide bonds. The molecule has 0 bridgehead atoms. The van der Waals surface area contributed by atoms with Gasteiger partial charge in [0.15, 0.2) is 0 Å². The smallest absolute Gasteiger partial charge is 0.227 e. The van der Waals surface area contributed by atoms with Crippen LogP contribution in [-0.2, 0) is 0 Å². The lowest BCUT2D eigenvalue weighted by Crippen LogP contribution is -2.01. The van der Waals surface area contributed by atoms with E-state index >= 15 is 0 Å². The van der Waals surface area contributed by atoms with E-state index in [0.717, 1.165) is 11.4 Å². The van der Waals surface area contributed by atoms with E-state index in [-0.39, 0.29) is 0 Å². The van der Waals surface area contributed by atoms with E-state index in [0.29, 0.717) is 26.0 Å². The minimum atomic E-state index is 0.438. The fourth-order valence-corrected chi connectivity index (χ4v) is 2.75. The van der Waals surface area contributed by atoms with Gasteiger partial charge < -0.3 is 5.32 Å². The minimum absolute atomic E-state index is 0.438. The number of halogens is 2. The Morgan fingerprint density at radius 1 is 1.08 bits per heavy atom. The van der Waals surface area contributed by atoms with E-state index in [1.165, 1.54) is 11.3 Å². The highest BCUT2D eigenvalue weighted by atomic mass is 35.5. The topological polar surface area (TPSA) is 75.1 Å². The van der Waals surface area contributed by atoms with Gasteiger partial charge in [-0.2, -0.15) is 5.10 Å². The molecule has 3 rings (SSSR count). The summed E-state index contributed by atoms with van der Waals surface area (Å²) in [5, 5.41) is 17.4. The molecule has 122 valence electrons. The molecule has 0 fully saturated rings. The molecule has 9 heteroatoms. The lowest BCUT2D eigenvalue weighted by atomic mass is 10.3. The molecule has 3 aromatic rings. The third kappa shape index (κ3) is 4.00. The van der Waals surface area contributed by atoms with Crippen LogP contribution in [0.3, 0.4) is 0 Å². The number of aromatic nitrogens is 3. The number of nitrogens with zero attached hydrogens (tertiary/aromatic N) is 4. The second-order valence-electron chi connectivity index (χ2n) is 4.66. The Hall–Kier alpha value is -2.22. The maximum absolute atomic E-state index is 6.14. The molecule has 0 aliphatic carbocycles. The molecule has 24 heavy (non-hydrogen) atoms. The van der Waals surface area contributed by atoms with E-state index in [1.54, 1.807) is 18.3 Å². The SMILES string of the molecule is C/C(=N\Nc1nnc(Nc2cccc(Cl)c2Cl)s1)c1ccccn1. The fraction of sp³-hybridized carbons (Fsp3) is 0.0667. The van der Waals surface area contributed by atoms with Crippen molar-refractivity contribution in [1.29, 1.82) is 0 Å². The Labute approximate surface area is 152 Å². The van der Waals surface area contributed by atoms with Crippen molar-refractivity contribution in [1.82, 2.24) is 15.2 Å². The van der Waals surface area contributed by atoms with Crippen molar-refractivity contribution in [3.05, 3.63) is 58.3 Å². The van der Waals surface area contributed by atoms with Gasteiger partial charge in [-0.05, 0) is 31.2 Å². The summed E-state index contributed by atoms with van der Waals surface area (Å²) in [7, 11) is 0. The van der Waals surface area contributed by atoms with Crippen LogP contribution >= 0.6 is 34.5 Å². The molecule has 0 aliphatic rings. The molecule has 1 aromatic carbocycles. The Balaban J connectivity index is 1.69. The number of pyridine rings is 1. The van der Waals surface area contributed by atoms with Crippen LogP contribution in [0.1, 0.15) is 12.6 Å². The monoisotopic (exact) mass is 378 g/mol. The van der Waals surface area contributed by atoms with E-state index in [9.17, 15) is 0 Å². The predicted octanol–water partition coefficient (Wildman–Crippen LogP) is 4.82. The van der Waals surface area contributed by atoms with E-state index in [4.69, 9.17) is 23.2 Å². The summed E-state index contributed by atoms with van der Waals surface area (Å²) in [6.45, 7) is 1.86. The summed E-state index contributed by atoms with van der Waals surface area (Å²) in [6.07, 6.45) is 1.72. The maximum Gasteiger partial charge on any atom is 0.227 e. The quantitative estimate of drug-likeness (QED) is 0.491. The molecule has 0 unspecified atom stereocenters. The molecular weight excluding hydrogens is 367 g/mol. The van der Waals surface area contributed by atoms with Crippen molar-refractivity contribution < 1.29 is 0 Å². The minimum Gasteiger partial charge on any atom is -0.329 e. The summed E-state index contributed by atoms with van der Waals surface area (Å²) in [5.74, 6) is 0. The third-order valence-corrected chi connectivity index (χ3v) is 4.54. The van der Waals surface area contributed by atoms with Crippen LogP contribution in [0.2, 0.25) is 10.0 Å². The Kier molecular flexibility index (Phi) is 5.24. The average Bonchev–Trinajstić information content (AvgIpc) is 3.05. The largest absolute Gasteiger partial charge is 0.329 e. The van der Waals surface area contributed by atoms with Crippen LogP contribution in [0.5, 0.6) is 0 Å². The van der Waals surface area contributed by atoms with Crippen LogP contribution in [0.25, 0.3) is 0 Å². The van der Waals surface area contributed by atoms with Gasteiger partial charge in [0.1, 0.15) is 0 Å².